The van der Waals surface area contributed by atoms with Crippen LogP contribution < -0.4 is 42.9 Å². The first-order valence-electron chi connectivity index (χ1n) is 23.2. The summed E-state index contributed by atoms with van der Waals surface area (Å²) in [4.78, 5) is 124. The predicted molar refractivity (Wildman–Crippen MR) is 279 cm³/mol. The van der Waals surface area contributed by atoms with Gasteiger partial charge in [-0.05, 0) is 65.5 Å². The monoisotopic (exact) mass is 1010 g/mol. The molecule has 0 spiro atoms. The van der Waals surface area contributed by atoms with Crippen LogP contribution >= 0.6 is 0 Å². The van der Waals surface area contributed by atoms with Crippen molar-refractivity contribution in [2.75, 3.05) is 33.5 Å². The Hall–Kier alpha value is -8.84. The average molecular weight is 1010 g/mol. The van der Waals surface area contributed by atoms with Crippen LogP contribution in [0.15, 0.2) is 81.1 Å². The maximum Gasteiger partial charge on any atom is 0.332 e. The van der Waals surface area contributed by atoms with E-state index in [1.165, 1.54) is 71.5 Å². The highest BCUT2D eigenvalue weighted by molar-refractivity contribution is 5.94. The van der Waals surface area contributed by atoms with Gasteiger partial charge in [0.25, 0.3) is 11.1 Å². The minimum Gasteiger partial charge on any atom is -0.338 e. The predicted octanol–water partition coefficient (Wildman–Crippen LogP) is 3.01. The Balaban J connectivity index is 0.000000211. The number of imidazole rings is 2. The summed E-state index contributed by atoms with van der Waals surface area (Å²) in [6.45, 7) is 9.46. The number of hydrogen-bond donors (Lipinski definition) is 2. The van der Waals surface area contributed by atoms with Gasteiger partial charge in [0.1, 0.15) is 23.7 Å². The molecule has 2 amide bonds. The van der Waals surface area contributed by atoms with E-state index in [9.17, 15) is 28.8 Å². The molecule has 74 heavy (non-hydrogen) atoms. The van der Waals surface area contributed by atoms with E-state index in [0.29, 0.717) is 58.4 Å². The van der Waals surface area contributed by atoms with E-state index < -0.39 is 46.4 Å². The van der Waals surface area contributed by atoms with Crippen LogP contribution in [-0.4, -0.2) is 114 Å². The number of aromatic nitrogens is 16. The Labute approximate surface area is 423 Å². The lowest BCUT2D eigenvalue weighted by Crippen LogP contribution is -2.38. The Kier molecular flexibility index (Phi) is 15.4. The molecule has 0 unspecified atom stereocenters. The van der Waals surface area contributed by atoms with Crippen molar-refractivity contribution in [1.82, 2.24) is 77.2 Å². The largest absolute Gasteiger partial charge is 0.338 e. The van der Waals surface area contributed by atoms with E-state index in [1.54, 1.807) is 50.8 Å². The third-order valence-corrected chi connectivity index (χ3v) is 13.2. The van der Waals surface area contributed by atoms with Crippen LogP contribution in [0.5, 0.6) is 0 Å². The molecule has 8 aromatic heterocycles. The van der Waals surface area contributed by atoms with Crippen LogP contribution in [0.2, 0.25) is 0 Å². The van der Waals surface area contributed by atoms with E-state index in [-0.39, 0.29) is 37.2 Å². The van der Waals surface area contributed by atoms with Gasteiger partial charge < -0.3 is 29.6 Å². The van der Waals surface area contributed by atoms with Crippen molar-refractivity contribution in [2.24, 2.45) is 28.2 Å². The summed E-state index contributed by atoms with van der Waals surface area (Å²) in [6, 6.07) is 2.36. The van der Waals surface area contributed by atoms with Crippen molar-refractivity contribution < 1.29 is 9.59 Å². The second kappa shape index (κ2) is 21.5. The van der Waals surface area contributed by atoms with Crippen LogP contribution in [0.3, 0.4) is 0 Å². The van der Waals surface area contributed by atoms with Gasteiger partial charge in [0.2, 0.25) is 23.7 Å². The summed E-state index contributed by atoms with van der Waals surface area (Å²) >= 11 is 0. The Morgan fingerprint density at radius 2 is 0.919 bits per heavy atom. The lowest BCUT2D eigenvalue weighted by atomic mass is 10.2. The van der Waals surface area contributed by atoms with Gasteiger partial charge in [-0.2, -0.15) is 0 Å². The van der Waals surface area contributed by atoms with E-state index >= 15 is 0 Å². The second-order valence-corrected chi connectivity index (χ2v) is 17.8. The molecule has 2 aliphatic heterocycles. The van der Waals surface area contributed by atoms with Crippen LogP contribution in [0.25, 0.3) is 45.1 Å². The summed E-state index contributed by atoms with van der Waals surface area (Å²) in [5, 5.41) is 5.52. The maximum atomic E-state index is 13.0. The van der Waals surface area contributed by atoms with Gasteiger partial charge in [0, 0.05) is 90.5 Å². The van der Waals surface area contributed by atoms with Crippen molar-refractivity contribution in [3.8, 4) is 22.8 Å². The number of carbonyl (C=O) groups excluding carboxylic acids is 2. The summed E-state index contributed by atoms with van der Waals surface area (Å²) in [6.07, 6.45) is 17.0. The zero-order valence-corrected chi connectivity index (χ0v) is 40.8. The van der Waals surface area contributed by atoms with E-state index in [4.69, 9.17) is 0 Å². The first-order valence-corrected chi connectivity index (χ1v) is 23.2. The maximum absolute atomic E-state index is 13.0. The smallest absolute Gasteiger partial charge is 0.332 e. The number of carbonyl (C=O) groups is 2. The number of rotatable bonds is 10. The molecule has 0 bridgehead atoms. The molecule has 10 heterocycles. The van der Waals surface area contributed by atoms with Gasteiger partial charge in [-0.25, -0.2) is 59.4 Å². The zero-order chi connectivity index (χ0) is 51.1. The second-order valence-electron chi connectivity index (χ2n) is 17.8. The number of hydrogen-bond acceptors (Lipinski definition) is 18. The normalized spacial score (nSPS) is 16.0. The SMILES string of the molecule is C.C.C[C@@H]1CCCN1c1ncc(-c2nccc(NC(=O)[C@@H](C)n3cnc4c3c(=O)n(C)c(=O)n4C)n2)cn1.C[C@H](C(=O)Nc1ccnc(-c2cnc(N3CCC[C@@H]3C)nc2)n1)n1cnc2c1c(=O)n(C)c(=O)n2C. The molecule has 4 atom stereocenters. The first kappa shape index (κ1) is 53.0. The number of fused-ring (bicyclic) bond motifs is 2. The number of aryl methyl sites for hydroxylation is 2. The molecular weight excluding hydrogens is 953 g/mol. The topological polar surface area (TPSA) is 291 Å². The Morgan fingerprint density at radius 3 is 1.26 bits per heavy atom. The lowest BCUT2D eigenvalue weighted by molar-refractivity contribution is -0.119. The first-order chi connectivity index (χ1) is 34.5. The van der Waals surface area contributed by atoms with Crippen molar-refractivity contribution in [2.45, 2.75) is 92.4 Å². The number of nitrogens with one attached hydrogen (secondary N) is 2. The lowest BCUT2D eigenvalue weighted by Gasteiger charge is -2.20. The fourth-order valence-corrected chi connectivity index (χ4v) is 8.80. The highest BCUT2D eigenvalue weighted by atomic mass is 16.2. The third kappa shape index (κ3) is 9.88. The molecule has 8 aromatic rings. The van der Waals surface area contributed by atoms with Gasteiger partial charge in [-0.1, -0.05) is 14.9 Å². The molecule has 0 radical (unpaired) electrons. The standard InChI is InChI=1S/2C23H26N10O3.2CH4/c2*1-13-6-5-9-32(13)22-25-10-15(11-26-22)18-24-8-7-16(28-18)29-20(34)14(2)33-12-27-19-17(33)21(35)31(4)23(36)30(19)3;;/h2*7-8,10-14H,5-6,9H2,1-4H3,(H,24,28,29,34);2*1H4/t13-,14+;13-,14-;;/m01../s1. The van der Waals surface area contributed by atoms with Crippen molar-refractivity contribution in [3.63, 3.8) is 0 Å². The number of anilines is 4. The van der Waals surface area contributed by atoms with E-state index in [2.05, 4.69) is 84.1 Å². The molecule has 26 heteroatoms. The van der Waals surface area contributed by atoms with Gasteiger partial charge >= 0.3 is 11.4 Å². The van der Waals surface area contributed by atoms with Gasteiger partial charge in [-0.15, -0.1) is 0 Å². The van der Waals surface area contributed by atoms with Crippen LogP contribution in [0.4, 0.5) is 23.5 Å². The number of amides is 2. The fourth-order valence-electron chi connectivity index (χ4n) is 8.80. The Bertz CT molecular complexity index is 3380. The molecule has 2 N–H and O–H groups in total. The molecule has 26 nitrogen and oxygen atoms in total. The average Bonchev–Trinajstić information content (AvgIpc) is 4.23. The van der Waals surface area contributed by atoms with Crippen LogP contribution in [0, 0.1) is 0 Å². The molecule has 2 fully saturated rings. The molecule has 0 saturated carbocycles. The third-order valence-electron chi connectivity index (χ3n) is 13.2. The van der Waals surface area contributed by atoms with Crippen molar-refractivity contribution in [3.05, 3.63) is 104 Å². The minimum absolute atomic E-state index is 0. The van der Waals surface area contributed by atoms with Gasteiger partial charge in [0.05, 0.1) is 23.8 Å². The van der Waals surface area contributed by atoms with Crippen LogP contribution in [-0.2, 0) is 37.8 Å². The van der Waals surface area contributed by atoms with Gasteiger partial charge in [0.15, 0.2) is 34.0 Å². The van der Waals surface area contributed by atoms with E-state index in [0.717, 1.165) is 47.9 Å². The summed E-state index contributed by atoms with van der Waals surface area (Å²) in [5.74, 6) is 1.86. The summed E-state index contributed by atoms with van der Waals surface area (Å²) in [7, 11) is 5.82. The quantitative estimate of drug-likeness (QED) is 0.199. The molecule has 0 aromatic carbocycles. The van der Waals surface area contributed by atoms with E-state index in [1.807, 2.05) is 0 Å². The molecule has 388 valence electrons. The molecule has 10 rings (SSSR count). The molecule has 2 saturated heterocycles. The van der Waals surface area contributed by atoms with Gasteiger partial charge in [-0.3, -0.25) is 37.4 Å². The highest BCUT2D eigenvalue weighted by Crippen LogP contribution is 2.26. The highest BCUT2D eigenvalue weighted by Gasteiger charge is 2.27. The minimum atomic E-state index is -0.802. The molecular formula is C48H60N20O6. The zero-order valence-electron chi connectivity index (χ0n) is 40.8. The van der Waals surface area contributed by atoms with Crippen LogP contribution in [0.1, 0.15) is 80.3 Å². The summed E-state index contributed by atoms with van der Waals surface area (Å²) in [5.41, 5.74) is -0.0454. The Morgan fingerprint density at radius 1 is 0.554 bits per heavy atom. The summed E-state index contributed by atoms with van der Waals surface area (Å²) < 4.78 is 7.40. The van der Waals surface area contributed by atoms with Crippen molar-refractivity contribution >= 4 is 57.7 Å². The molecule has 0 aliphatic carbocycles. The fraction of sp³-hybridized carbons (Fsp3) is 0.417. The molecule has 2 aliphatic rings. The van der Waals surface area contributed by atoms with Crippen molar-refractivity contribution in [1.29, 1.82) is 0 Å². The number of nitrogens with zero attached hydrogens (tertiary/aromatic N) is 18.